The van der Waals surface area contributed by atoms with E-state index in [1.54, 1.807) is 0 Å². The number of aromatic nitrogens is 1. The van der Waals surface area contributed by atoms with Gasteiger partial charge in [-0.25, -0.2) is 4.98 Å². The number of rotatable bonds is 5. The van der Waals surface area contributed by atoms with E-state index in [0.29, 0.717) is 5.89 Å². The van der Waals surface area contributed by atoms with Crippen LogP contribution in [0.15, 0.2) is 148 Å². The molecule has 54 heavy (non-hydrogen) atoms. The van der Waals surface area contributed by atoms with Crippen molar-refractivity contribution in [2.75, 3.05) is 4.90 Å². The Balaban J connectivity index is 1.19. The summed E-state index contributed by atoms with van der Waals surface area (Å²) in [6.07, 6.45) is 0. The molecule has 0 saturated heterocycles. The third-order valence-electron chi connectivity index (χ3n) is 11.7. The number of anilines is 3. The Labute approximate surface area is 317 Å². The fraction of sp³-hybridized carbons (Fsp3) is 0. The van der Waals surface area contributed by atoms with E-state index in [4.69, 9.17) is 13.8 Å². The van der Waals surface area contributed by atoms with Crippen LogP contribution >= 0.6 is 0 Å². The molecule has 0 aliphatic carbocycles. The average Bonchev–Trinajstić information content (AvgIpc) is 3.82. The van der Waals surface area contributed by atoms with E-state index in [1.165, 1.54) is 38.4 Å². The second kappa shape index (κ2) is 12.4. The molecule has 0 N–H and O–H groups in total. The number of oxazole rings is 1. The van der Waals surface area contributed by atoms with Crippen LogP contribution in [-0.4, -0.2) is 44.2 Å². The average molecular weight is 688 g/mol. The van der Waals surface area contributed by atoms with Crippen molar-refractivity contribution in [2.24, 2.45) is 0 Å². The summed E-state index contributed by atoms with van der Waals surface area (Å²) < 4.78 is 12.8. The lowest BCUT2D eigenvalue weighted by Crippen LogP contribution is -2.55. The Hall–Kier alpha value is -6.33. The molecule has 0 unspecified atom stereocenters. The summed E-state index contributed by atoms with van der Waals surface area (Å²) in [5, 5.41) is 6.61. The van der Waals surface area contributed by atoms with Crippen molar-refractivity contribution in [3.8, 4) is 22.6 Å². The first-order chi connectivity index (χ1) is 26.3. The van der Waals surface area contributed by atoms with Crippen LogP contribution in [0.3, 0.4) is 0 Å². The molecular formula is C45H33B5N2O2. The normalized spacial score (nSPS) is 11.7. The van der Waals surface area contributed by atoms with Crippen molar-refractivity contribution < 1.29 is 8.83 Å². The minimum absolute atomic E-state index is 0.623. The van der Waals surface area contributed by atoms with Crippen LogP contribution in [0.5, 0.6) is 0 Å². The fourth-order valence-corrected chi connectivity index (χ4v) is 8.36. The van der Waals surface area contributed by atoms with E-state index in [2.05, 4.69) is 141 Å². The van der Waals surface area contributed by atoms with Gasteiger partial charge in [-0.15, -0.1) is 16.4 Å². The molecule has 9 heteroatoms. The topological polar surface area (TPSA) is 42.4 Å². The summed E-state index contributed by atoms with van der Waals surface area (Å²) in [7, 11) is 11.2. The van der Waals surface area contributed by atoms with Gasteiger partial charge in [0.1, 0.15) is 55.9 Å². The van der Waals surface area contributed by atoms with Gasteiger partial charge < -0.3 is 13.7 Å². The lowest BCUT2D eigenvalue weighted by Gasteiger charge is -2.27. The predicted octanol–water partition coefficient (Wildman–Crippen LogP) is 4.13. The lowest BCUT2D eigenvalue weighted by molar-refractivity contribution is 0.623. The SMILES string of the molecule is Bc1c(B)c(B)c(-c2ccc(N(c3ccc4oc5ccccc5c4c3)c3ccc4ccc5ccc6nc(-c7ccccc7)oc6c5c4c3)cc2)c(B)c1B. The summed E-state index contributed by atoms with van der Waals surface area (Å²) in [5.74, 6) is 0.623. The van der Waals surface area contributed by atoms with Crippen LogP contribution in [0.25, 0.3) is 77.2 Å². The van der Waals surface area contributed by atoms with Gasteiger partial charge in [0.05, 0.1) is 0 Å². The van der Waals surface area contributed by atoms with Gasteiger partial charge in [0.2, 0.25) is 5.89 Å². The highest BCUT2D eigenvalue weighted by atomic mass is 16.3. The predicted molar refractivity (Wildman–Crippen MR) is 243 cm³/mol. The van der Waals surface area contributed by atoms with Crippen LogP contribution in [0.1, 0.15) is 0 Å². The Bertz CT molecular complexity index is 3090. The molecule has 0 fully saturated rings. The van der Waals surface area contributed by atoms with Gasteiger partial charge in [-0.05, 0) is 94.0 Å². The maximum Gasteiger partial charge on any atom is 0.227 e. The Morgan fingerprint density at radius 3 is 1.81 bits per heavy atom. The second-order valence-corrected chi connectivity index (χ2v) is 14.5. The summed E-state index contributed by atoms with van der Waals surface area (Å²) >= 11 is 0. The first-order valence-electron chi connectivity index (χ1n) is 18.5. The quantitative estimate of drug-likeness (QED) is 0.202. The molecule has 250 valence electrons. The highest BCUT2D eigenvalue weighted by Crippen LogP contribution is 2.42. The third-order valence-corrected chi connectivity index (χ3v) is 11.7. The van der Waals surface area contributed by atoms with Gasteiger partial charge in [0.15, 0.2) is 5.58 Å². The Morgan fingerprint density at radius 2 is 1.04 bits per heavy atom. The number of benzene rings is 8. The first kappa shape index (κ1) is 32.3. The van der Waals surface area contributed by atoms with Crippen LogP contribution in [0, 0.1) is 0 Å². The number of hydrogen-bond donors (Lipinski definition) is 0. The Kier molecular flexibility index (Phi) is 7.42. The summed E-state index contributed by atoms with van der Waals surface area (Å²) in [6.45, 7) is 0. The van der Waals surface area contributed by atoms with Crippen LogP contribution in [-0.2, 0) is 0 Å². The Morgan fingerprint density at radius 1 is 0.444 bits per heavy atom. The highest BCUT2D eigenvalue weighted by Gasteiger charge is 2.20. The molecule has 10 aromatic rings. The number of furan rings is 1. The standard InChI is InChI=1S/C45H33B5N2O2/c46-39-38(40(47)42(49)43(50)41(39)48)26-13-16-28(17-14-26)52(30-19-21-36-33(23-30)31-8-4-5-9-35(31)53-36)29-18-12-24-10-11-25-15-20-34-44(37(25)32(24)22-29)54-45(51-34)27-6-2-1-3-7-27/h1-23H,46-50H2. The number of para-hydroxylation sites is 1. The van der Waals surface area contributed by atoms with E-state index < -0.39 is 0 Å². The zero-order valence-corrected chi connectivity index (χ0v) is 31.0. The minimum atomic E-state index is 0.623. The second-order valence-electron chi connectivity index (χ2n) is 14.5. The maximum atomic E-state index is 6.59. The molecule has 0 amide bonds. The summed E-state index contributed by atoms with van der Waals surface area (Å²) in [4.78, 5) is 7.27. The largest absolute Gasteiger partial charge is 0.456 e. The van der Waals surface area contributed by atoms with E-state index in [1.807, 2.05) is 42.5 Å². The molecule has 8 aromatic carbocycles. The molecule has 0 bridgehead atoms. The van der Waals surface area contributed by atoms with Crippen molar-refractivity contribution in [2.45, 2.75) is 0 Å². The lowest BCUT2D eigenvalue weighted by atomic mass is 9.60. The van der Waals surface area contributed by atoms with Gasteiger partial charge >= 0.3 is 0 Å². The van der Waals surface area contributed by atoms with Crippen molar-refractivity contribution in [1.29, 1.82) is 0 Å². The van der Waals surface area contributed by atoms with Gasteiger partial charge in [-0.3, -0.25) is 0 Å². The zero-order chi connectivity index (χ0) is 36.7. The molecule has 0 aliphatic rings. The molecule has 0 spiro atoms. The molecule has 0 radical (unpaired) electrons. The van der Waals surface area contributed by atoms with Gasteiger partial charge in [-0.2, -0.15) is 0 Å². The smallest absolute Gasteiger partial charge is 0.227 e. The van der Waals surface area contributed by atoms with Gasteiger partial charge in [-0.1, -0.05) is 83.7 Å². The van der Waals surface area contributed by atoms with Crippen LogP contribution in [0.2, 0.25) is 0 Å². The number of nitrogens with zero attached hydrogens (tertiary/aromatic N) is 2. The van der Waals surface area contributed by atoms with E-state index >= 15 is 0 Å². The summed E-state index contributed by atoms with van der Waals surface area (Å²) in [6, 6.07) is 49.2. The fourth-order valence-electron chi connectivity index (χ4n) is 8.36. The number of fused-ring (bicyclic) bond motifs is 8. The molecule has 2 heterocycles. The molecule has 10 rings (SSSR count). The van der Waals surface area contributed by atoms with Crippen molar-refractivity contribution in [3.63, 3.8) is 0 Å². The van der Waals surface area contributed by atoms with Gasteiger partial charge in [0, 0.05) is 38.8 Å². The van der Waals surface area contributed by atoms with Crippen LogP contribution in [0.4, 0.5) is 17.1 Å². The third kappa shape index (κ3) is 5.03. The van der Waals surface area contributed by atoms with E-state index in [-0.39, 0.29) is 0 Å². The molecule has 0 aliphatic heterocycles. The maximum absolute atomic E-state index is 6.59. The molecule has 0 saturated carbocycles. The van der Waals surface area contributed by atoms with Crippen molar-refractivity contribution in [3.05, 3.63) is 140 Å². The monoisotopic (exact) mass is 688 g/mol. The molecule has 2 aromatic heterocycles. The number of hydrogen-bond acceptors (Lipinski definition) is 4. The van der Waals surface area contributed by atoms with Gasteiger partial charge in [0.25, 0.3) is 0 Å². The minimum Gasteiger partial charge on any atom is -0.456 e. The van der Waals surface area contributed by atoms with Crippen molar-refractivity contribution >= 4 is 138 Å². The molecular weight excluding hydrogens is 655 g/mol. The van der Waals surface area contributed by atoms with E-state index in [9.17, 15) is 0 Å². The van der Waals surface area contributed by atoms with E-state index in [0.717, 1.165) is 77.2 Å². The van der Waals surface area contributed by atoms with Crippen LogP contribution < -0.4 is 32.2 Å². The highest BCUT2D eigenvalue weighted by molar-refractivity contribution is 6.68. The molecule has 4 nitrogen and oxygen atoms in total. The first-order valence-corrected chi connectivity index (χ1v) is 18.5. The zero-order valence-electron chi connectivity index (χ0n) is 31.0. The summed E-state index contributed by atoms with van der Waals surface area (Å²) in [5.41, 5.74) is 16.8. The molecule has 0 atom stereocenters. The van der Waals surface area contributed by atoms with Crippen molar-refractivity contribution in [1.82, 2.24) is 4.98 Å².